The van der Waals surface area contributed by atoms with E-state index >= 15 is 0 Å². The normalized spacial score (nSPS) is 15.1. The molecule has 4 rings (SSSR count). The number of methoxy groups -OCH3 is 3. The molecule has 1 fully saturated rings. The standard InChI is InChI=1S/C28H29N3O6/c1-18-5-10-21(11-6-18)31-27(33)23(16-26(32)29-20-8-12-22(35-2)13-9-20)30(28(31)34)17-19-7-14-24(36-3)25(15-19)37-4/h5-15,23H,16-17H2,1-4H3,(H,29,32)/t23-/m0/s1. The molecule has 3 aromatic rings. The van der Waals surface area contributed by atoms with Crippen molar-refractivity contribution in [2.45, 2.75) is 25.9 Å². The van der Waals surface area contributed by atoms with Crippen molar-refractivity contribution >= 4 is 29.2 Å². The van der Waals surface area contributed by atoms with Crippen LogP contribution in [-0.4, -0.2) is 50.1 Å². The minimum atomic E-state index is -0.986. The second-order valence-electron chi connectivity index (χ2n) is 8.61. The molecule has 1 heterocycles. The van der Waals surface area contributed by atoms with Crippen LogP contribution in [0.25, 0.3) is 0 Å². The first-order valence-corrected chi connectivity index (χ1v) is 11.7. The van der Waals surface area contributed by atoms with Gasteiger partial charge >= 0.3 is 6.03 Å². The van der Waals surface area contributed by atoms with Crippen LogP contribution in [0.5, 0.6) is 17.2 Å². The van der Waals surface area contributed by atoms with Crippen molar-refractivity contribution in [1.29, 1.82) is 0 Å². The number of ether oxygens (including phenoxy) is 3. The minimum absolute atomic E-state index is 0.105. The molecule has 0 aliphatic carbocycles. The average Bonchev–Trinajstić information content (AvgIpc) is 3.13. The summed E-state index contributed by atoms with van der Waals surface area (Å²) in [4.78, 5) is 42.6. The second-order valence-corrected chi connectivity index (χ2v) is 8.61. The van der Waals surface area contributed by atoms with E-state index in [1.165, 1.54) is 19.1 Å². The molecule has 1 aliphatic rings. The van der Waals surface area contributed by atoms with Crippen molar-refractivity contribution in [2.24, 2.45) is 0 Å². The molecule has 9 heteroatoms. The fourth-order valence-electron chi connectivity index (χ4n) is 4.18. The van der Waals surface area contributed by atoms with Gasteiger partial charge in [-0.1, -0.05) is 23.8 Å². The van der Waals surface area contributed by atoms with Crippen LogP contribution in [0.2, 0.25) is 0 Å². The first kappa shape index (κ1) is 25.6. The maximum Gasteiger partial charge on any atom is 0.332 e. The van der Waals surface area contributed by atoms with Gasteiger partial charge in [0.2, 0.25) is 5.91 Å². The van der Waals surface area contributed by atoms with Gasteiger partial charge in [0.15, 0.2) is 11.5 Å². The van der Waals surface area contributed by atoms with E-state index in [0.29, 0.717) is 28.6 Å². The van der Waals surface area contributed by atoms with Crippen LogP contribution < -0.4 is 24.4 Å². The lowest BCUT2D eigenvalue weighted by Gasteiger charge is -2.22. The van der Waals surface area contributed by atoms with E-state index in [1.807, 2.05) is 19.1 Å². The monoisotopic (exact) mass is 503 g/mol. The second kappa shape index (κ2) is 11.0. The summed E-state index contributed by atoms with van der Waals surface area (Å²) in [7, 11) is 4.62. The van der Waals surface area contributed by atoms with E-state index in [0.717, 1.165) is 16.0 Å². The van der Waals surface area contributed by atoms with Crippen LogP contribution in [0.3, 0.4) is 0 Å². The molecule has 9 nitrogen and oxygen atoms in total. The van der Waals surface area contributed by atoms with Crippen LogP contribution >= 0.6 is 0 Å². The summed E-state index contributed by atoms with van der Waals surface area (Å²) in [6, 6.07) is 17.8. The highest BCUT2D eigenvalue weighted by Crippen LogP contribution is 2.32. The molecule has 3 aromatic carbocycles. The highest BCUT2D eigenvalue weighted by molar-refractivity contribution is 6.22. The Morgan fingerprint density at radius 1 is 0.865 bits per heavy atom. The predicted octanol–water partition coefficient (Wildman–Crippen LogP) is 4.39. The molecule has 1 saturated heterocycles. The van der Waals surface area contributed by atoms with Gasteiger partial charge in [-0.3, -0.25) is 9.59 Å². The molecule has 0 unspecified atom stereocenters. The van der Waals surface area contributed by atoms with E-state index in [4.69, 9.17) is 14.2 Å². The van der Waals surface area contributed by atoms with E-state index in [9.17, 15) is 14.4 Å². The zero-order chi connectivity index (χ0) is 26.5. The van der Waals surface area contributed by atoms with Gasteiger partial charge in [0.05, 0.1) is 33.4 Å². The smallest absolute Gasteiger partial charge is 0.332 e. The molecular weight excluding hydrogens is 474 g/mol. The molecular formula is C28H29N3O6. The lowest BCUT2D eigenvalue weighted by molar-refractivity contribution is -0.124. The topological polar surface area (TPSA) is 97.4 Å². The summed E-state index contributed by atoms with van der Waals surface area (Å²) in [5, 5.41) is 2.80. The molecule has 37 heavy (non-hydrogen) atoms. The third kappa shape index (κ3) is 5.50. The lowest BCUT2D eigenvalue weighted by atomic mass is 10.1. The fourth-order valence-corrected chi connectivity index (χ4v) is 4.18. The van der Waals surface area contributed by atoms with Crippen molar-refractivity contribution in [3.8, 4) is 17.2 Å². The maximum atomic E-state index is 13.5. The quantitative estimate of drug-likeness (QED) is 0.435. The molecule has 4 amide bonds. The Labute approximate surface area is 215 Å². The number of amides is 4. The number of anilines is 2. The highest BCUT2D eigenvalue weighted by atomic mass is 16.5. The number of imide groups is 1. The molecule has 0 radical (unpaired) electrons. The number of nitrogens with one attached hydrogen (secondary N) is 1. The van der Waals surface area contributed by atoms with Crippen LogP contribution in [0, 0.1) is 6.92 Å². The van der Waals surface area contributed by atoms with Gasteiger partial charge < -0.3 is 24.4 Å². The Kier molecular flexibility index (Phi) is 7.62. The van der Waals surface area contributed by atoms with Crippen LogP contribution in [0.15, 0.2) is 66.7 Å². The average molecular weight is 504 g/mol. The number of aryl methyl sites for hydroxylation is 1. The van der Waals surface area contributed by atoms with Gasteiger partial charge in [-0.15, -0.1) is 0 Å². The molecule has 1 aliphatic heterocycles. The summed E-state index contributed by atoms with van der Waals surface area (Å²) in [5.74, 6) is 0.858. The summed E-state index contributed by atoms with van der Waals surface area (Å²) in [6.07, 6.45) is -0.202. The van der Waals surface area contributed by atoms with E-state index < -0.39 is 18.0 Å². The Morgan fingerprint density at radius 2 is 1.54 bits per heavy atom. The van der Waals surface area contributed by atoms with E-state index in [2.05, 4.69) is 5.32 Å². The summed E-state index contributed by atoms with van der Waals surface area (Å²) in [5.41, 5.74) is 2.74. The predicted molar refractivity (Wildman–Crippen MR) is 139 cm³/mol. The number of carbonyl (C=O) groups is 3. The first-order chi connectivity index (χ1) is 17.8. The Bertz CT molecular complexity index is 1290. The van der Waals surface area contributed by atoms with Gasteiger partial charge in [-0.2, -0.15) is 0 Å². The van der Waals surface area contributed by atoms with Gasteiger partial charge in [-0.25, -0.2) is 9.69 Å². The van der Waals surface area contributed by atoms with Gasteiger partial charge in [0.1, 0.15) is 11.8 Å². The number of benzene rings is 3. The van der Waals surface area contributed by atoms with Crippen molar-refractivity contribution in [3.63, 3.8) is 0 Å². The molecule has 192 valence electrons. The van der Waals surface area contributed by atoms with Gasteiger partial charge in [0.25, 0.3) is 5.91 Å². The number of hydrogen-bond acceptors (Lipinski definition) is 6. The number of urea groups is 1. The summed E-state index contributed by atoms with van der Waals surface area (Å²) >= 11 is 0. The number of carbonyl (C=O) groups excluding carboxylic acids is 3. The van der Waals surface area contributed by atoms with Crippen LogP contribution in [-0.2, 0) is 16.1 Å². The minimum Gasteiger partial charge on any atom is -0.497 e. The van der Waals surface area contributed by atoms with Crippen LogP contribution in [0.1, 0.15) is 17.5 Å². The molecule has 0 spiro atoms. The Balaban J connectivity index is 1.61. The summed E-state index contributed by atoms with van der Waals surface area (Å²) < 4.78 is 15.8. The lowest BCUT2D eigenvalue weighted by Crippen LogP contribution is -2.37. The van der Waals surface area contributed by atoms with Gasteiger partial charge in [0, 0.05) is 12.2 Å². The van der Waals surface area contributed by atoms with Crippen molar-refractivity contribution in [2.75, 3.05) is 31.5 Å². The van der Waals surface area contributed by atoms with E-state index in [-0.39, 0.29) is 18.9 Å². The van der Waals surface area contributed by atoms with Crippen molar-refractivity contribution in [1.82, 2.24) is 4.90 Å². The third-order valence-corrected chi connectivity index (χ3v) is 6.16. The van der Waals surface area contributed by atoms with E-state index in [1.54, 1.807) is 61.7 Å². The molecule has 1 N–H and O–H groups in total. The maximum absolute atomic E-state index is 13.5. The molecule has 0 saturated carbocycles. The SMILES string of the molecule is COc1ccc(NC(=O)C[C@H]2C(=O)N(c3ccc(C)cc3)C(=O)N2Cc2ccc(OC)c(OC)c2)cc1. The highest BCUT2D eigenvalue weighted by Gasteiger charge is 2.46. The largest absolute Gasteiger partial charge is 0.497 e. The van der Waals surface area contributed by atoms with Crippen LogP contribution in [0.4, 0.5) is 16.2 Å². The molecule has 0 bridgehead atoms. The first-order valence-electron chi connectivity index (χ1n) is 11.7. The number of nitrogens with zero attached hydrogens (tertiary/aromatic N) is 2. The van der Waals surface area contributed by atoms with Gasteiger partial charge in [-0.05, 0) is 61.0 Å². The third-order valence-electron chi connectivity index (χ3n) is 6.16. The fraction of sp³-hybridized carbons (Fsp3) is 0.250. The zero-order valence-corrected chi connectivity index (χ0v) is 21.2. The Morgan fingerprint density at radius 3 is 2.16 bits per heavy atom. The van der Waals surface area contributed by atoms with Crippen molar-refractivity contribution in [3.05, 3.63) is 77.9 Å². The Hall–Kier alpha value is -4.53. The number of rotatable bonds is 9. The van der Waals surface area contributed by atoms with Crippen molar-refractivity contribution < 1.29 is 28.6 Å². The molecule has 0 aromatic heterocycles. The zero-order valence-electron chi connectivity index (χ0n) is 21.2. The number of hydrogen-bond donors (Lipinski definition) is 1. The molecule has 1 atom stereocenters. The summed E-state index contributed by atoms with van der Waals surface area (Å²) in [6.45, 7) is 2.03.